The zero-order valence-corrected chi connectivity index (χ0v) is 14.3. The number of benzene rings is 4. The van der Waals surface area contributed by atoms with Gasteiger partial charge in [0.2, 0.25) is 0 Å². The van der Waals surface area contributed by atoms with Crippen LogP contribution in [0.25, 0.3) is 10.8 Å². The Morgan fingerprint density at radius 3 is 2.04 bits per heavy atom. The molecule has 2 atom stereocenters. The maximum absolute atomic E-state index is 6.37. The van der Waals surface area contributed by atoms with E-state index in [0.717, 1.165) is 11.3 Å². The predicted octanol–water partition coefficient (Wildman–Crippen LogP) is 5.61. The van der Waals surface area contributed by atoms with Crippen molar-refractivity contribution in [1.82, 2.24) is 5.32 Å². The van der Waals surface area contributed by atoms with Crippen LogP contribution in [0.1, 0.15) is 29.0 Å². The van der Waals surface area contributed by atoms with Crippen LogP contribution in [0.3, 0.4) is 0 Å². The summed E-state index contributed by atoms with van der Waals surface area (Å²) in [6.45, 7) is 0. The second kappa shape index (κ2) is 6.32. The molecule has 0 spiro atoms. The van der Waals surface area contributed by atoms with Crippen molar-refractivity contribution in [2.24, 2.45) is 0 Å². The van der Waals surface area contributed by atoms with Crippen molar-refractivity contribution in [3.63, 3.8) is 0 Å². The first-order valence-corrected chi connectivity index (χ1v) is 8.94. The lowest BCUT2D eigenvalue weighted by molar-refractivity contribution is 0.134. The molecule has 2 heteroatoms. The summed E-state index contributed by atoms with van der Waals surface area (Å²) in [5.41, 5.74) is 3.59. The molecule has 0 aliphatic carbocycles. The molecule has 4 aromatic rings. The Hall–Kier alpha value is -3.10. The molecule has 5 rings (SSSR count). The molecule has 1 N–H and O–H groups in total. The molecule has 26 heavy (non-hydrogen) atoms. The standard InChI is InChI=1S/C24H19NO/c1-3-10-18(11-4-1)23-22-20-14-8-7-9-17(20)15-16-21(22)26-24(25-23)19-12-5-2-6-13-19/h1-16,23-25H/t23-,24?/m1/s1. The maximum atomic E-state index is 6.37. The van der Waals surface area contributed by atoms with Crippen LogP contribution >= 0.6 is 0 Å². The molecule has 1 aliphatic rings. The van der Waals surface area contributed by atoms with Gasteiger partial charge in [0.05, 0.1) is 6.04 Å². The van der Waals surface area contributed by atoms with Gasteiger partial charge in [-0.15, -0.1) is 0 Å². The molecular weight excluding hydrogens is 318 g/mol. The van der Waals surface area contributed by atoms with Crippen LogP contribution in [0, 0.1) is 0 Å². The van der Waals surface area contributed by atoms with Crippen LogP contribution in [-0.2, 0) is 0 Å². The van der Waals surface area contributed by atoms with Gasteiger partial charge in [-0.1, -0.05) is 91.0 Å². The van der Waals surface area contributed by atoms with Crippen molar-refractivity contribution >= 4 is 10.8 Å². The highest BCUT2D eigenvalue weighted by Crippen LogP contribution is 2.42. The van der Waals surface area contributed by atoms with E-state index in [0.29, 0.717) is 0 Å². The third-order valence-corrected chi connectivity index (χ3v) is 5.02. The van der Waals surface area contributed by atoms with Gasteiger partial charge in [0, 0.05) is 11.1 Å². The summed E-state index contributed by atoms with van der Waals surface area (Å²) in [7, 11) is 0. The SMILES string of the molecule is c1ccc(C2N[C@H](c3ccccc3)c3c(ccc4ccccc34)O2)cc1. The van der Waals surface area contributed by atoms with E-state index < -0.39 is 0 Å². The Morgan fingerprint density at radius 1 is 0.615 bits per heavy atom. The zero-order valence-electron chi connectivity index (χ0n) is 14.3. The zero-order chi connectivity index (χ0) is 17.3. The monoisotopic (exact) mass is 337 g/mol. The third-order valence-electron chi connectivity index (χ3n) is 5.02. The number of fused-ring (bicyclic) bond motifs is 3. The van der Waals surface area contributed by atoms with Gasteiger partial charge >= 0.3 is 0 Å². The van der Waals surface area contributed by atoms with Gasteiger partial charge < -0.3 is 4.74 Å². The molecule has 0 radical (unpaired) electrons. The Bertz CT molecular complexity index is 1040. The molecule has 0 fully saturated rings. The topological polar surface area (TPSA) is 21.3 Å². The van der Waals surface area contributed by atoms with Gasteiger partial charge in [0.15, 0.2) is 6.23 Å². The fourth-order valence-corrected chi connectivity index (χ4v) is 3.77. The second-order valence-corrected chi connectivity index (χ2v) is 6.62. The van der Waals surface area contributed by atoms with E-state index in [1.165, 1.54) is 21.9 Å². The summed E-state index contributed by atoms with van der Waals surface area (Å²) in [6.07, 6.45) is -0.171. The average Bonchev–Trinajstić information content (AvgIpc) is 2.74. The predicted molar refractivity (Wildman–Crippen MR) is 105 cm³/mol. The van der Waals surface area contributed by atoms with Gasteiger partial charge in [-0.05, 0) is 22.4 Å². The summed E-state index contributed by atoms with van der Waals surface area (Å²) < 4.78 is 6.37. The van der Waals surface area contributed by atoms with Gasteiger partial charge in [-0.25, -0.2) is 0 Å². The summed E-state index contributed by atoms with van der Waals surface area (Å²) in [4.78, 5) is 0. The van der Waals surface area contributed by atoms with Crippen molar-refractivity contribution in [2.75, 3.05) is 0 Å². The minimum absolute atomic E-state index is 0.0799. The van der Waals surface area contributed by atoms with Crippen LogP contribution in [0.4, 0.5) is 0 Å². The van der Waals surface area contributed by atoms with Gasteiger partial charge in [0.25, 0.3) is 0 Å². The van der Waals surface area contributed by atoms with E-state index in [9.17, 15) is 0 Å². The molecule has 2 nitrogen and oxygen atoms in total. The van der Waals surface area contributed by atoms with Gasteiger partial charge in [-0.3, -0.25) is 5.32 Å². The normalized spacial score (nSPS) is 18.9. The number of ether oxygens (including phenoxy) is 1. The molecule has 4 aromatic carbocycles. The minimum Gasteiger partial charge on any atom is -0.471 e. The van der Waals surface area contributed by atoms with Crippen LogP contribution < -0.4 is 10.1 Å². The average molecular weight is 337 g/mol. The second-order valence-electron chi connectivity index (χ2n) is 6.62. The molecule has 126 valence electrons. The largest absolute Gasteiger partial charge is 0.471 e. The van der Waals surface area contributed by atoms with E-state index >= 15 is 0 Å². The lowest BCUT2D eigenvalue weighted by atomic mass is 9.91. The highest BCUT2D eigenvalue weighted by Gasteiger charge is 2.30. The highest BCUT2D eigenvalue weighted by molar-refractivity contribution is 5.89. The first-order chi connectivity index (χ1) is 12.9. The van der Waals surface area contributed by atoms with Crippen molar-refractivity contribution in [2.45, 2.75) is 12.3 Å². The van der Waals surface area contributed by atoms with Crippen molar-refractivity contribution in [3.8, 4) is 5.75 Å². The Balaban J connectivity index is 1.70. The third kappa shape index (κ3) is 2.56. The fraction of sp³-hybridized carbons (Fsp3) is 0.0833. The van der Waals surface area contributed by atoms with E-state index in [1.54, 1.807) is 0 Å². The molecule has 0 saturated heterocycles. The van der Waals surface area contributed by atoms with Crippen LogP contribution in [0.5, 0.6) is 5.75 Å². The molecular formula is C24H19NO. The van der Waals surface area contributed by atoms with E-state index in [2.05, 4.69) is 84.2 Å². The number of nitrogens with one attached hydrogen (secondary N) is 1. The van der Waals surface area contributed by atoms with Crippen LogP contribution in [-0.4, -0.2) is 0 Å². The van der Waals surface area contributed by atoms with Crippen molar-refractivity contribution in [1.29, 1.82) is 0 Å². The van der Waals surface area contributed by atoms with Crippen LogP contribution in [0.2, 0.25) is 0 Å². The lowest BCUT2D eigenvalue weighted by Crippen LogP contribution is -2.35. The maximum Gasteiger partial charge on any atom is 0.177 e. The smallest absolute Gasteiger partial charge is 0.177 e. The fourth-order valence-electron chi connectivity index (χ4n) is 3.77. The molecule has 1 heterocycles. The van der Waals surface area contributed by atoms with Gasteiger partial charge in [-0.2, -0.15) is 0 Å². The first kappa shape index (κ1) is 15.2. The number of hydrogen-bond donors (Lipinski definition) is 1. The first-order valence-electron chi connectivity index (χ1n) is 8.94. The van der Waals surface area contributed by atoms with E-state index in [1.807, 2.05) is 18.2 Å². The molecule has 1 unspecified atom stereocenters. The Kier molecular flexibility index (Phi) is 3.69. The van der Waals surface area contributed by atoms with Crippen molar-refractivity contribution < 1.29 is 4.74 Å². The molecule has 1 aliphatic heterocycles. The van der Waals surface area contributed by atoms with E-state index in [4.69, 9.17) is 4.74 Å². The van der Waals surface area contributed by atoms with Crippen LogP contribution in [0.15, 0.2) is 97.1 Å². The minimum atomic E-state index is -0.171. The summed E-state index contributed by atoms with van der Waals surface area (Å²) >= 11 is 0. The molecule has 0 saturated carbocycles. The quantitative estimate of drug-likeness (QED) is 0.513. The summed E-state index contributed by atoms with van der Waals surface area (Å²) in [6, 6.07) is 33.8. The molecule has 0 amide bonds. The number of hydrogen-bond acceptors (Lipinski definition) is 2. The molecule has 0 aromatic heterocycles. The number of rotatable bonds is 2. The highest BCUT2D eigenvalue weighted by atomic mass is 16.5. The van der Waals surface area contributed by atoms with E-state index in [-0.39, 0.29) is 12.3 Å². The summed E-state index contributed by atoms with van der Waals surface area (Å²) in [5.74, 6) is 0.949. The van der Waals surface area contributed by atoms with Gasteiger partial charge in [0.1, 0.15) is 5.75 Å². The van der Waals surface area contributed by atoms with Crippen molar-refractivity contribution in [3.05, 3.63) is 114 Å². The molecule has 0 bridgehead atoms. The Morgan fingerprint density at radius 2 is 1.27 bits per heavy atom. The summed E-state index contributed by atoms with van der Waals surface area (Å²) in [5, 5.41) is 6.18. The Labute approximate surface area is 153 Å². The lowest BCUT2D eigenvalue weighted by Gasteiger charge is -2.35.